The van der Waals surface area contributed by atoms with Crippen molar-refractivity contribution in [3.05, 3.63) is 23.8 Å². The normalized spacial score (nSPS) is 13.3. The standard InChI is InChI=1S/C6H7N3.C2H6/c1-5-2-8-4-9-6(5)3-7-1;1-2/h2,4,7H,1,3H2;1-2H3. The molecular formula is C8H13N3. The van der Waals surface area contributed by atoms with Crippen molar-refractivity contribution in [2.75, 3.05) is 0 Å². The third kappa shape index (κ3) is 1.74. The maximum Gasteiger partial charge on any atom is 0.115 e. The molecule has 2 rings (SSSR count). The van der Waals surface area contributed by atoms with Crippen molar-refractivity contribution < 1.29 is 0 Å². The number of nitrogens with one attached hydrogen (secondary N) is 1. The molecule has 0 fully saturated rings. The van der Waals surface area contributed by atoms with Gasteiger partial charge in [0.25, 0.3) is 0 Å². The lowest BCUT2D eigenvalue weighted by Crippen LogP contribution is -2.00. The molecule has 2 heterocycles. The van der Waals surface area contributed by atoms with Gasteiger partial charge in [-0.3, -0.25) is 0 Å². The fourth-order valence-corrected chi connectivity index (χ4v) is 1.01. The molecule has 0 unspecified atom stereocenters. The number of hydrogen-bond donors (Lipinski definition) is 1. The van der Waals surface area contributed by atoms with Crippen molar-refractivity contribution in [3.63, 3.8) is 0 Å². The summed E-state index contributed by atoms with van der Waals surface area (Å²) >= 11 is 0. The Bertz CT molecular complexity index is 199. The van der Waals surface area contributed by atoms with Crippen LogP contribution < -0.4 is 5.32 Å². The smallest absolute Gasteiger partial charge is 0.115 e. The molecule has 0 spiro atoms. The van der Waals surface area contributed by atoms with Crippen LogP contribution in [0.15, 0.2) is 12.5 Å². The van der Waals surface area contributed by atoms with Crippen molar-refractivity contribution in [2.45, 2.75) is 26.9 Å². The Labute approximate surface area is 66.9 Å². The Morgan fingerprint density at radius 2 is 2.18 bits per heavy atom. The van der Waals surface area contributed by atoms with Crippen LogP contribution in [-0.2, 0) is 13.1 Å². The average molecular weight is 151 g/mol. The summed E-state index contributed by atoms with van der Waals surface area (Å²) < 4.78 is 0. The summed E-state index contributed by atoms with van der Waals surface area (Å²) in [5, 5.41) is 3.19. The quantitative estimate of drug-likeness (QED) is 0.603. The molecule has 11 heavy (non-hydrogen) atoms. The van der Waals surface area contributed by atoms with Gasteiger partial charge in [-0.25, -0.2) is 9.97 Å². The zero-order valence-corrected chi connectivity index (χ0v) is 6.96. The Balaban J connectivity index is 0.000000281. The van der Waals surface area contributed by atoms with Gasteiger partial charge in [-0.1, -0.05) is 13.8 Å². The fraction of sp³-hybridized carbons (Fsp3) is 0.500. The first-order chi connectivity index (χ1) is 5.47. The summed E-state index contributed by atoms with van der Waals surface area (Å²) in [6.45, 7) is 5.83. The van der Waals surface area contributed by atoms with Crippen LogP contribution in [0.1, 0.15) is 25.1 Å². The van der Waals surface area contributed by atoms with Gasteiger partial charge in [0, 0.05) is 24.8 Å². The highest BCUT2D eigenvalue weighted by atomic mass is 15.0. The Morgan fingerprint density at radius 1 is 1.36 bits per heavy atom. The second kappa shape index (κ2) is 4.03. The van der Waals surface area contributed by atoms with Crippen LogP contribution in [0.2, 0.25) is 0 Å². The summed E-state index contributed by atoms with van der Waals surface area (Å²) in [6, 6.07) is 0. The summed E-state index contributed by atoms with van der Waals surface area (Å²) in [7, 11) is 0. The van der Waals surface area contributed by atoms with Gasteiger partial charge in [-0.05, 0) is 0 Å². The van der Waals surface area contributed by atoms with E-state index in [0.29, 0.717) is 0 Å². The number of rotatable bonds is 0. The maximum absolute atomic E-state index is 4.09. The van der Waals surface area contributed by atoms with E-state index in [0.717, 1.165) is 18.8 Å². The SMILES string of the molecule is CC.c1ncc2c(n1)CNC2. The molecule has 0 atom stereocenters. The van der Waals surface area contributed by atoms with Gasteiger partial charge in [-0.15, -0.1) is 0 Å². The van der Waals surface area contributed by atoms with Gasteiger partial charge in [-0.2, -0.15) is 0 Å². The van der Waals surface area contributed by atoms with Crippen LogP contribution in [0.4, 0.5) is 0 Å². The van der Waals surface area contributed by atoms with Crippen molar-refractivity contribution in [2.24, 2.45) is 0 Å². The van der Waals surface area contributed by atoms with E-state index >= 15 is 0 Å². The molecule has 1 N–H and O–H groups in total. The molecule has 0 aliphatic carbocycles. The molecule has 0 radical (unpaired) electrons. The highest BCUT2D eigenvalue weighted by Crippen LogP contribution is 2.08. The molecule has 3 nitrogen and oxygen atoms in total. The van der Waals surface area contributed by atoms with Crippen molar-refractivity contribution in [1.82, 2.24) is 15.3 Å². The molecular weight excluding hydrogens is 138 g/mol. The summed E-state index contributed by atoms with van der Waals surface area (Å²) in [5.41, 5.74) is 2.38. The predicted molar refractivity (Wildman–Crippen MR) is 43.9 cm³/mol. The van der Waals surface area contributed by atoms with Gasteiger partial charge in [0.15, 0.2) is 0 Å². The molecule has 1 aliphatic rings. The fourth-order valence-electron chi connectivity index (χ4n) is 1.01. The second-order valence-corrected chi connectivity index (χ2v) is 2.10. The molecule has 0 bridgehead atoms. The summed E-state index contributed by atoms with van der Waals surface area (Å²) in [5.74, 6) is 0. The molecule has 1 aromatic rings. The zero-order valence-electron chi connectivity index (χ0n) is 6.96. The van der Waals surface area contributed by atoms with Gasteiger partial charge in [0.2, 0.25) is 0 Å². The Morgan fingerprint density at radius 3 is 2.91 bits per heavy atom. The highest BCUT2D eigenvalue weighted by Gasteiger charge is 2.08. The maximum atomic E-state index is 4.09. The largest absolute Gasteiger partial charge is 0.307 e. The third-order valence-electron chi connectivity index (χ3n) is 1.49. The predicted octanol–water partition coefficient (Wildman–Crippen LogP) is 1.11. The first kappa shape index (κ1) is 8.14. The van der Waals surface area contributed by atoms with Gasteiger partial charge in [0.1, 0.15) is 6.33 Å². The number of aromatic nitrogens is 2. The van der Waals surface area contributed by atoms with Crippen LogP contribution in [0, 0.1) is 0 Å². The van der Waals surface area contributed by atoms with Crippen LogP contribution in [0.3, 0.4) is 0 Å². The lowest BCUT2D eigenvalue weighted by atomic mass is 10.3. The Hall–Kier alpha value is -0.960. The van der Waals surface area contributed by atoms with Crippen LogP contribution in [0.5, 0.6) is 0 Å². The Kier molecular flexibility index (Phi) is 2.98. The topological polar surface area (TPSA) is 37.8 Å². The van der Waals surface area contributed by atoms with E-state index < -0.39 is 0 Å². The number of fused-ring (bicyclic) bond motifs is 1. The highest BCUT2D eigenvalue weighted by molar-refractivity contribution is 5.19. The molecule has 1 aliphatic heterocycles. The molecule has 0 saturated carbocycles. The molecule has 3 heteroatoms. The van der Waals surface area contributed by atoms with Gasteiger partial charge >= 0.3 is 0 Å². The number of hydrogen-bond acceptors (Lipinski definition) is 3. The zero-order chi connectivity index (χ0) is 8.10. The molecule has 0 amide bonds. The minimum absolute atomic E-state index is 0.901. The molecule has 60 valence electrons. The van der Waals surface area contributed by atoms with E-state index in [1.807, 2.05) is 20.0 Å². The van der Waals surface area contributed by atoms with Gasteiger partial charge < -0.3 is 5.32 Å². The second-order valence-electron chi connectivity index (χ2n) is 2.10. The monoisotopic (exact) mass is 151 g/mol. The van der Waals surface area contributed by atoms with Crippen molar-refractivity contribution in [1.29, 1.82) is 0 Å². The van der Waals surface area contributed by atoms with Crippen molar-refractivity contribution in [3.8, 4) is 0 Å². The first-order valence-electron chi connectivity index (χ1n) is 3.95. The summed E-state index contributed by atoms with van der Waals surface area (Å²) in [6.07, 6.45) is 3.45. The minimum Gasteiger partial charge on any atom is -0.307 e. The van der Waals surface area contributed by atoms with E-state index in [2.05, 4.69) is 15.3 Å². The van der Waals surface area contributed by atoms with E-state index in [4.69, 9.17) is 0 Å². The van der Waals surface area contributed by atoms with Crippen LogP contribution in [-0.4, -0.2) is 9.97 Å². The van der Waals surface area contributed by atoms with E-state index in [1.54, 1.807) is 6.33 Å². The molecule has 0 saturated heterocycles. The summed E-state index contributed by atoms with van der Waals surface area (Å²) in [4.78, 5) is 7.99. The minimum atomic E-state index is 0.901. The lowest BCUT2D eigenvalue weighted by Gasteiger charge is -1.89. The molecule has 0 aromatic carbocycles. The first-order valence-corrected chi connectivity index (χ1v) is 3.95. The average Bonchev–Trinajstić information content (AvgIpc) is 2.55. The van der Waals surface area contributed by atoms with E-state index in [1.165, 1.54) is 5.56 Å². The van der Waals surface area contributed by atoms with E-state index in [-0.39, 0.29) is 0 Å². The van der Waals surface area contributed by atoms with Crippen molar-refractivity contribution >= 4 is 0 Å². The lowest BCUT2D eigenvalue weighted by molar-refractivity contribution is 0.757. The van der Waals surface area contributed by atoms with E-state index in [9.17, 15) is 0 Å². The van der Waals surface area contributed by atoms with Crippen LogP contribution in [0.25, 0.3) is 0 Å². The number of nitrogens with zero attached hydrogens (tertiary/aromatic N) is 2. The van der Waals surface area contributed by atoms with Gasteiger partial charge in [0.05, 0.1) is 5.69 Å². The van der Waals surface area contributed by atoms with Crippen LogP contribution >= 0.6 is 0 Å². The third-order valence-corrected chi connectivity index (χ3v) is 1.49. The molecule has 1 aromatic heterocycles.